The van der Waals surface area contributed by atoms with Gasteiger partial charge in [-0.3, -0.25) is 9.69 Å². The van der Waals surface area contributed by atoms with Gasteiger partial charge in [-0.1, -0.05) is 43.7 Å². The molecule has 1 amide bonds. The lowest BCUT2D eigenvalue weighted by Crippen LogP contribution is -2.23. The van der Waals surface area contributed by atoms with E-state index in [4.69, 9.17) is 4.74 Å². The second kappa shape index (κ2) is 8.91. The van der Waals surface area contributed by atoms with Crippen molar-refractivity contribution in [2.45, 2.75) is 26.7 Å². The van der Waals surface area contributed by atoms with Gasteiger partial charge in [0.1, 0.15) is 5.75 Å². The fraction of sp³-hybridized carbons (Fsp3) is 0.273. The molecule has 0 saturated carbocycles. The lowest BCUT2D eigenvalue weighted by molar-refractivity contribution is -0.121. The van der Waals surface area contributed by atoms with Crippen LogP contribution in [0, 0.1) is 6.92 Å². The van der Waals surface area contributed by atoms with E-state index in [1.807, 2.05) is 61.5 Å². The fourth-order valence-corrected chi connectivity index (χ4v) is 3.60. The Morgan fingerprint density at radius 1 is 1.19 bits per heavy atom. The number of hydrogen-bond acceptors (Lipinski definition) is 4. The molecule has 0 N–H and O–H groups in total. The molecule has 0 unspecified atom stereocenters. The van der Waals surface area contributed by atoms with Gasteiger partial charge in [0, 0.05) is 7.05 Å². The third-order valence-corrected chi connectivity index (χ3v) is 5.32. The van der Waals surface area contributed by atoms with Crippen LogP contribution in [0.3, 0.4) is 0 Å². The van der Waals surface area contributed by atoms with Crippen LogP contribution in [0.4, 0.5) is 5.69 Å². The van der Waals surface area contributed by atoms with Crippen LogP contribution in [0.5, 0.6) is 5.75 Å². The van der Waals surface area contributed by atoms with E-state index in [0.717, 1.165) is 35.4 Å². The molecular weight excluding hydrogens is 356 g/mol. The Morgan fingerprint density at radius 3 is 2.78 bits per heavy atom. The molecule has 2 aromatic rings. The van der Waals surface area contributed by atoms with Crippen molar-refractivity contribution in [3.8, 4) is 5.75 Å². The molecule has 0 aliphatic carbocycles. The Balaban J connectivity index is 1.80. The summed E-state index contributed by atoms with van der Waals surface area (Å²) in [4.78, 5) is 19.5. The summed E-state index contributed by atoms with van der Waals surface area (Å²) < 4.78 is 5.76. The van der Waals surface area contributed by atoms with E-state index < -0.39 is 0 Å². The number of thioether (sulfide) groups is 1. The van der Waals surface area contributed by atoms with E-state index in [0.29, 0.717) is 16.7 Å². The van der Waals surface area contributed by atoms with E-state index in [2.05, 4.69) is 11.9 Å². The normalized spacial score (nSPS) is 17.1. The Kier molecular flexibility index (Phi) is 6.35. The third kappa shape index (κ3) is 4.80. The maximum absolute atomic E-state index is 12.6. The van der Waals surface area contributed by atoms with E-state index >= 15 is 0 Å². The van der Waals surface area contributed by atoms with Crippen LogP contribution in [-0.4, -0.2) is 29.6 Å². The number of para-hydroxylation sites is 1. The number of rotatable bonds is 6. The molecule has 27 heavy (non-hydrogen) atoms. The number of nitrogens with zero attached hydrogens (tertiary/aromatic N) is 2. The van der Waals surface area contributed by atoms with Gasteiger partial charge in [0.05, 0.1) is 17.2 Å². The average Bonchev–Trinajstić information content (AvgIpc) is 2.92. The Bertz CT molecular complexity index is 889. The van der Waals surface area contributed by atoms with E-state index in [9.17, 15) is 4.79 Å². The minimum Gasteiger partial charge on any atom is -0.494 e. The van der Waals surface area contributed by atoms with Crippen molar-refractivity contribution < 1.29 is 9.53 Å². The van der Waals surface area contributed by atoms with Gasteiger partial charge in [-0.05, 0) is 60.5 Å². The molecule has 5 heteroatoms. The second-order valence-corrected chi connectivity index (χ2v) is 7.44. The molecule has 2 aromatic carbocycles. The summed E-state index contributed by atoms with van der Waals surface area (Å²) in [5, 5.41) is 0.691. The predicted octanol–water partition coefficient (Wildman–Crippen LogP) is 5.41. The minimum atomic E-state index is -0.0374. The quantitative estimate of drug-likeness (QED) is 0.497. The zero-order chi connectivity index (χ0) is 19.2. The van der Waals surface area contributed by atoms with Crippen LogP contribution in [0.1, 0.15) is 30.9 Å². The van der Waals surface area contributed by atoms with Crippen LogP contribution in [0.15, 0.2) is 58.4 Å². The van der Waals surface area contributed by atoms with Crippen molar-refractivity contribution in [3.05, 3.63) is 64.6 Å². The highest BCUT2D eigenvalue weighted by Gasteiger charge is 2.30. The van der Waals surface area contributed by atoms with E-state index in [1.165, 1.54) is 11.8 Å². The van der Waals surface area contributed by atoms with Gasteiger partial charge in [0.15, 0.2) is 5.17 Å². The monoisotopic (exact) mass is 380 g/mol. The molecule has 0 bridgehead atoms. The number of unbranched alkanes of at least 4 members (excludes halogenated alkanes) is 1. The number of carbonyl (C=O) groups is 1. The summed E-state index contributed by atoms with van der Waals surface area (Å²) in [7, 11) is 1.76. The largest absolute Gasteiger partial charge is 0.494 e. The molecule has 1 aliphatic rings. The highest BCUT2D eigenvalue weighted by atomic mass is 32.2. The first kappa shape index (κ1) is 19.2. The summed E-state index contributed by atoms with van der Waals surface area (Å²) in [5.41, 5.74) is 2.92. The SMILES string of the molecule is CCCCOc1cccc(/C=C2/SC(=Nc3ccccc3C)N(C)C2=O)c1. The van der Waals surface area contributed by atoms with Crippen molar-refractivity contribution in [1.29, 1.82) is 0 Å². The molecule has 140 valence electrons. The first-order chi connectivity index (χ1) is 13.1. The molecule has 1 fully saturated rings. The van der Waals surface area contributed by atoms with Gasteiger partial charge in [0.25, 0.3) is 5.91 Å². The van der Waals surface area contributed by atoms with Gasteiger partial charge in [-0.25, -0.2) is 4.99 Å². The summed E-state index contributed by atoms with van der Waals surface area (Å²) in [6.07, 6.45) is 4.03. The number of amides is 1. The number of amidine groups is 1. The summed E-state index contributed by atoms with van der Waals surface area (Å²) in [6, 6.07) is 15.7. The Morgan fingerprint density at radius 2 is 2.00 bits per heavy atom. The Hall–Kier alpha value is -2.53. The maximum atomic E-state index is 12.6. The summed E-state index contributed by atoms with van der Waals surface area (Å²) >= 11 is 1.40. The predicted molar refractivity (Wildman–Crippen MR) is 113 cm³/mol. The molecule has 3 rings (SSSR count). The van der Waals surface area contributed by atoms with Crippen LogP contribution < -0.4 is 4.74 Å². The lowest BCUT2D eigenvalue weighted by atomic mass is 10.2. The van der Waals surface area contributed by atoms with E-state index in [-0.39, 0.29) is 5.91 Å². The number of aliphatic imine (C=N–C) groups is 1. The first-order valence-electron chi connectivity index (χ1n) is 9.13. The van der Waals surface area contributed by atoms with Crippen molar-refractivity contribution in [3.63, 3.8) is 0 Å². The smallest absolute Gasteiger partial charge is 0.266 e. The summed E-state index contributed by atoms with van der Waals surface area (Å²) in [5.74, 6) is 0.792. The minimum absolute atomic E-state index is 0.0374. The zero-order valence-electron chi connectivity index (χ0n) is 15.9. The van der Waals surface area contributed by atoms with Gasteiger partial charge in [-0.15, -0.1) is 0 Å². The molecular formula is C22H24N2O2S. The van der Waals surface area contributed by atoms with Crippen molar-refractivity contribution in [2.24, 2.45) is 4.99 Å². The van der Waals surface area contributed by atoms with E-state index in [1.54, 1.807) is 11.9 Å². The van der Waals surface area contributed by atoms with Crippen molar-refractivity contribution in [1.82, 2.24) is 4.90 Å². The topological polar surface area (TPSA) is 41.9 Å². The summed E-state index contributed by atoms with van der Waals surface area (Å²) in [6.45, 7) is 4.86. The molecule has 0 aromatic heterocycles. The second-order valence-electron chi connectivity index (χ2n) is 6.43. The zero-order valence-corrected chi connectivity index (χ0v) is 16.8. The molecule has 0 spiro atoms. The molecule has 4 nitrogen and oxygen atoms in total. The number of ether oxygens (including phenoxy) is 1. The molecule has 0 radical (unpaired) electrons. The number of hydrogen-bond donors (Lipinski definition) is 0. The van der Waals surface area contributed by atoms with Gasteiger partial charge >= 0.3 is 0 Å². The number of carbonyl (C=O) groups excluding carboxylic acids is 1. The number of likely N-dealkylation sites (N-methyl/N-ethyl adjacent to an activating group) is 1. The maximum Gasteiger partial charge on any atom is 0.266 e. The van der Waals surface area contributed by atoms with Crippen LogP contribution >= 0.6 is 11.8 Å². The van der Waals surface area contributed by atoms with Gasteiger partial charge in [-0.2, -0.15) is 0 Å². The third-order valence-electron chi connectivity index (χ3n) is 4.26. The molecule has 1 heterocycles. The lowest BCUT2D eigenvalue weighted by Gasteiger charge is -2.08. The fourth-order valence-electron chi connectivity index (χ4n) is 2.62. The van der Waals surface area contributed by atoms with Crippen LogP contribution in [0.2, 0.25) is 0 Å². The molecule has 1 saturated heterocycles. The van der Waals surface area contributed by atoms with Gasteiger partial charge < -0.3 is 4.74 Å². The number of benzene rings is 2. The number of aryl methyl sites for hydroxylation is 1. The molecule has 0 atom stereocenters. The highest BCUT2D eigenvalue weighted by Crippen LogP contribution is 2.34. The van der Waals surface area contributed by atoms with Crippen LogP contribution in [0.25, 0.3) is 6.08 Å². The average molecular weight is 381 g/mol. The van der Waals surface area contributed by atoms with Crippen molar-refractivity contribution in [2.75, 3.05) is 13.7 Å². The van der Waals surface area contributed by atoms with Crippen LogP contribution in [-0.2, 0) is 4.79 Å². The standard InChI is InChI=1S/C22H24N2O2S/c1-4-5-13-26-18-11-8-10-17(14-18)15-20-21(25)24(3)22(27-20)23-19-12-7-6-9-16(19)2/h6-12,14-15H,4-5,13H2,1-3H3/b20-15+,23-22?. The van der Waals surface area contributed by atoms with Gasteiger partial charge in [0.2, 0.25) is 0 Å². The van der Waals surface area contributed by atoms with Crippen molar-refractivity contribution >= 4 is 34.6 Å². The molecule has 1 aliphatic heterocycles. The first-order valence-corrected chi connectivity index (χ1v) is 9.95. The highest BCUT2D eigenvalue weighted by molar-refractivity contribution is 8.18. The Labute approximate surface area is 164 Å².